The number of rotatable bonds is 5. The average Bonchev–Trinajstić information content (AvgIpc) is 2.18. The van der Waals surface area contributed by atoms with Crippen LogP contribution in [0.1, 0.15) is 16.8 Å². The first-order chi connectivity index (χ1) is 6.79. The van der Waals surface area contributed by atoms with E-state index < -0.39 is 5.82 Å². The van der Waals surface area contributed by atoms with Gasteiger partial charge in [-0.2, -0.15) is 0 Å². The lowest BCUT2D eigenvalue weighted by molar-refractivity contribution is 0.111. The summed E-state index contributed by atoms with van der Waals surface area (Å²) in [6.45, 7) is 0.270. The fourth-order valence-electron chi connectivity index (χ4n) is 1.00. The molecule has 0 radical (unpaired) electrons. The Hall–Kier alpha value is -1.42. The van der Waals surface area contributed by atoms with Crippen molar-refractivity contribution in [3.8, 4) is 5.75 Å². The van der Waals surface area contributed by atoms with Gasteiger partial charge in [-0.05, 0) is 12.1 Å². The van der Waals surface area contributed by atoms with Crippen molar-refractivity contribution < 1.29 is 19.0 Å². The summed E-state index contributed by atoms with van der Waals surface area (Å²) in [5.74, 6) is -0.380. The Kier molecular flexibility index (Phi) is 4.07. The highest BCUT2D eigenvalue weighted by atomic mass is 19.1. The number of aldehydes is 1. The number of benzene rings is 1. The minimum atomic E-state index is -0.596. The summed E-state index contributed by atoms with van der Waals surface area (Å²) in [6.07, 6.45) is 0.873. The van der Waals surface area contributed by atoms with Gasteiger partial charge in [0.1, 0.15) is 11.6 Å². The van der Waals surface area contributed by atoms with Crippen LogP contribution in [0.2, 0.25) is 0 Å². The maximum absolute atomic E-state index is 13.0. The van der Waals surface area contributed by atoms with Crippen molar-refractivity contribution in [1.29, 1.82) is 0 Å². The Balaban J connectivity index is 2.75. The summed E-state index contributed by atoms with van der Waals surface area (Å²) in [5, 5.41) is 8.50. The lowest BCUT2D eigenvalue weighted by Crippen LogP contribution is -2.02. The van der Waals surface area contributed by atoms with E-state index in [0.717, 1.165) is 0 Å². The number of hydrogen-bond acceptors (Lipinski definition) is 3. The Bertz CT molecular complexity index is 312. The topological polar surface area (TPSA) is 46.5 Å². The minimum Gasteiger partial charge on any atom is -0.493 e. The molecule has 1 aromatic rings. The molecule has 0 saturated heterocycles. The highest BCUT2D eigenvalue weighted by Crippen LogP contribution is 2.19. The largest absolute Gasteiger partial charge is 0.493 e. The van der Waals surface area contributed by atoms with Crippen LogP contribution in [0.5, 0.6) is 5.75 Å². The van der Waals surface area contributed by atoms with Gasteiger partial charge in [-0.15, -0.1) is 0 Å². The molecule has 1 aromatic carbocycles. The van der Waals surface area contributed by atoms with Crippen LogP contribution in [0.3, 0.4) is 0 Å². The second-order valence-electron chi connectivity index (χ2n) is 2.70. The number of ether oxygens (including phenoxy) is 1. The molecular weight excluding hydrogens is 187 g/mol. The number of hydrogen-bond donors (Lipinski definition) is 1. The van der Waals surface area contributed by atoms with E-state index in [2.05, 4.69) is 0 Å². The fraction of sp³-hybridized carbons (Fsp3) is 0.300. The summed E-state index contributed by atoms with van der Waals surface area (Å²) in [6, 6.07) is 4.18. The van der Waals surface area contributed by atoms with Gasteiger partial charge in [0.15, 0.2) is 6.29 Å². The molecular formula is C10H11FO3. The standard InChI is InChI=1S/C10H11FO3/c11-9-3-1-4-10(8(9)7-13)14-6-2-5-12/h1,3-4,7,12H,2,5-6H2. The van der Waals surface area contributed by atoms with Gasteiger partial charge >= 0.3 is 0 Å². The van der Waals surface area contributed by atoms with E-state index >= 15 is 0 Å². The Labute approximate surface area is 81.1 Å². The molecule has 1 rings (SSSR count). The molecule has 0 bridgehead atoms. The third kappa shape index (κ3) is 2.53. The van der Waals surface area contributed by atoms with Gasteiger partial charge in [0, 0.05) is 13.0 Å². The monoisotopic (exact) mass is 198 g/mol. The van der Waals surface area contributed by atoms with Gasteiger partial charge < -0.3 is 9.84 Å². The Morgan fingerprint density at radius 2 is 2.29 bits per heavy atom. The molecule has 0 atom stereocenters. The highest BCUT2D eigenvalue weighted by Gasteiger charge is 2.07. The molecule has 0 aliphatic rings. The first-order valence-corrected chi connectivity index (χ1v) is 4.27. The lowest BCUT2D eigenvalue weighted by atomic mass is 10.2. The molecule has 0 fully saturated rings. The average molecular weight is 198 g/mol. The molecule has 0 aromatic heterocycles. The van der Waals surface area contributed by atoms with E-state index in [9.17, 15) is 9.18 Å². The number of carbonyl (C=O) groups excluding carboxylic acids is 1. The third-order valence-corrected chi connectivity index (χ3v) is 1.69. The van der Waals surface area contributed by atoms with Crippen molar-refractivity contribution in [3.63, 3.8) is 0 Å². The third-order valence-electron chi connectivity index (χ3n) is 1.69. The highest BCUT2D eigenvalue weighted by molar-refractivity contribution is 5.79. The molecule has 0 amide bonds. The maximum atomic E-state index is 13.0. The second-order valence-corrected chi connectivity index (χ2v) is 2.70. The Morgan fingerprint density at radius 3 is 2.93 bits per heavy atom. The molecule has 14 heavy (non-hydrogen) atoms. The molecule has 4 heteroatoms. The van der Waals surface area contributed by atoms with Crippen LogP contribution in [-0.2, 0) is 0 Å². The number of aliphatic hydroxyl groups excluding tert-OH is 1. The maximum Gasteiger partial charge on any atom is 0.156 e. The SMILES string of the molecule is O=Cc1c(F)cccc1OCCCO. The first kappa shape index (κ1) is 10.7. The Morgan fingerprint density at radius 1 is 1.50 bits per heavy atom. The molecule has 3 nitrogen and oxygen atoms in total. The number of carbonyl (C=O) groups is 1. The predicted octanol–water partition coefficient (Wildman–Crippen LogP) is 1.40. The van der Waals surface area contributed by atoms with E-state index in [1.54, 1.807) is 0 Å². The smallest absolute Gasteiger partial charge is 0.156 e. The molecule has 0 saturated carbocycles. The van der Waals surface area contributed by atoms with Crippen LogP contribution < -0.4 is 4.74 Å². The van der Waals surface area contributed by atoms with Crippen LogP contribution in [-0.4, -0.2) is 24.6 Å². The number of halogens is 1. The predicted molar refractivity (Wildman–Crippen MR) is 49.0 cm³/mol. The summed E-state index contributed by atoms with van der Waals surface area (Å²) in [7, 11) is 0. The molecule has 0 aliphatic heterocycles. The second kappa shape index (κ2) is 5.34. The van der Waals surface area contributed by atoms with Gasteiger partial charge in [0.05, 0.1) is 12.2 Å². The van der Waals surface area contributed by atoms with Crippen LogP contribution in [0.15, 0.2) is 18.2 Å². The van der Waals surface area contributed by atoms with Crippen molar-refractivity contribution in [2.24, 2.45) is 0 Å². The molecule has 0 unspecified atom stereocenters. The van der Waals surface area contributed by atoms with E-state index in [-0.39, 0.29) is 24.5 Å². The molecule has 76 valence electrons. The first-order valence-electron chi connectivity index (χ1n) is 4.27. The zero-order chi connectivity index (χ0) is 10.4. The van der Waals surface area contributed by atoms with Gasteiger partial charge in [-0.1, -0.05) is 6.07 Å². The van der Waals surface area contributed by atoms with Crippen LogP contribution in [0, 0.1) is 5.82 Å². The van der Waals surface area contributed by atoms with Gasteiger partial charge in [-0.25, -0.2) is 4.39 Å². The van der Waals surface area contributed by atoms with Crippen LogP contribution in [0.4, 0.5) is 4.39 Å². The van der Waals surface area contributed by atoms with Crippen LogP contribution in [0.25, 0.3) is 0 Å². The van der Waals surface area contributed by atoms with Crippen molar-refractivity contribution in [2.75, 3.05) is 13.2 Å². The normalized spacial score (nSPS) is 9.86. The van der Waals surface area contributed by atoms with Crippen molar-refractivity contribution >= 4 is 6.29 Å². The molecule has 0 aliphatic carbocycles. The van der Waals surface area contributed by atoms with Crippen molar-refractivity contribution in [2.45, 2.75) is 6.42 Å². The zero-order valence-electron chi connectivity index (χ0n) is 7.57. The zero-order valence-corrected chi connectivity index (χ0v) is 7.57. The van der Waals surface area contributed by atoms with Gasteiger partial charge in [-0.3, -0.25) is 4.79 Å². The number of aliphatic hydroxyl groups is 1. The summed E-state index contributed by atoms with van der Waals surface area (Å²) < 4.78 is 18.1. The van der Waals surface area contributed by atoms with Gasteiger partial charge in [0.2, 0.25) is 0 Å². The van der Waals surface area contributed by atoms with Gasteiger partial charge in [0.25, 0.3) is 0 Å². The van der Waals surface area contributed by atoms with E-state index in [0.29, 0.717) is 12.7 Å². The minimum absolute atomic E-state index is 0.00569. The lowest BCUT2D eigenvalue weighted by Gasteiger charge is -2.07. The van der Waals surface area contributed by atoms with Crippen molar-refractivity contribution in [1.82, 2.24) is 0 Å². The van der Waals surface area contributed by atoms with Crippen LogP contribution >= 0.6 is 0 Å². The summed E-state index contributed by atoms with van der Waals surface area (Å²) in [5.41, 5.74) is -0.0783. The quantitative estimate of drug-likeness (QED) is 0.574. The summed E-state index contributed by atoms with van der Waals surface area (Å²) >= 11 is 0. The molecule has 1 N–H and O–H groups in total. The molecule has 0 spiro atoms. The van der Waals surface area contributed by atoms with E-state index in [1.807, 2.05) is 0 Å². The van der Waals surface area contributed by atoms with E-state index in [4.69, 9.17) is 9.84 Å². The van der Waals surface area contributed by atoms with E-state index in [1.165, 1.54) is 18.2 Å². The van der Waals surface area contributed by atoms with Crippen molar-refractivity contribution in [3.05, 3.63) is 29.6 Å². The fourth-order valence-corrected chi connectivity index (χ4v) is 1.00. The molecule has 0 heterocycles. The summed E-state index contributed by atoms with van der Waals surface area (Å²) in [4.78, 5) is 10.5.